The Morgan fingerprint density at radius 2 is 1.85 bits per heavy atom. The van der Waals surface area contributed by atoms with Crippen molar-refractivity contribution in [2.75, 3.05) is 0 Å². The van der Waals surface area contributed by atoms with Gasteiger partial charge in [0.2, 0.25) is 0 Å². The molecule has 114 valence electrons. The lowest BCUT2D eigenvalue weighted by Gasteiger charge is -2.24. The van der Waals surface area contributed by atoms with Crippen LogP contribution in [0.2, 0.25) is 0 Å². The van der Waals surface area contributed by atoms with Gasteiger partial charge in [0.15, 0.2) is 0 Å². The van der Waals surface area contributed by atoms with Crippen molar-refractivity contribution in [3.8, 4) is 0 Å². The molecule has 2 aliphatic rings. The second-order valence-electron chi connectivity index (χ2n) is 5.58. The number of hydrogen-bond donors (Lipinski definition) is 1. The molecule has 0 aliphatic heterocycles. The molecule has 0 aromatic rings. The predicted octanol–water partition coefficient (Wildman–Crippen LogP) is 3.11. The van der Waals surface area contributed by atoms with Crippen LogP contribution < -0.4 is 0 Å². The van der Waals surface area contributed by atoms with Crippen molar-refractivity contribution < 1.29 is 31.9 Å². The van der Waals surface area contributed by atoms with Gasteiger partial charge in [-0.25, -0.2) is 0 Å². The predicted molar refractivity (Wildman–Crippen MR) is 60.1 cm³/mol. The van der Waals surface area contributed by atoms with Crippen molar-refractivity contribution >= 4 is 5.78 Å². The number of rotatable bonds is 5. The smallest absolute Gasteiger partial charge is 0.386 e. The van der Waals surface area contributed by atoms with Crippen LogP contribution in [0.25, 0.3) is 0 Å². The summed E-state index contributed by atoms with van der Waals surface area (Å²) in [5.41, 5.74) is 0. The van der Waals surface area contributed by atoms with Crippen LogP contribution in [-0.2, 0) is 4.79 Å². The fraction of sp³-hybridized carbons (Fsp3) is 0.769. The van der Waals surface area contributed by atoms with Gasteiger partial charge < -0.3 is 5.11 Å². The number of carbonyl (C=O) groups is 1. The molecule has 1 fully saturated rings. The maximum atomic E-state index is 13.2. The van der Waals surface area contributed by atoms with E-state index in [1.807, 2.05) is 6.08 Å². The van der Waals surface area contributed by atoms with Crippen LogP contribution in [0.4, 0.5) is 22.0 Å². The van der Waals surface area contributed by atoms with E-state index in [4.69, 9.17) is 0 Å². The maximum absolute atomic E-state index is 13.2. The Morgan fingerprint density at radius 3 is 2.30 bits per heavy atom. The SMILES string of the molecule is O=C(C(F)(F)F)C(F)(F)C(O)CCC1CC2C=CC1C2. The molecule has 0 radical (unpaired) electrons. The quantitative estimate of drug-likeness (QED) is 0.625. The third-order valence-electron chi connectivity index (χ3n) is 4.21. The number of carbonyl (C=O) groups excluding carboxylic acids is 1. The van der Waals surface area contributed by atoms with Crippen molar-refractivity contribution in [2.45, 2.75) is 43.9 Å². The van der Waals surface area contributed by atoms with Crippen LogP contribution >= 0.6 is 0 Å². The summed E-state index contributed by atoms with van der Waals surface area (Å²) >= 11 is 0. The molecule has 0 saturated heterocycles. The summed E-state index contributed by atoms with van der Waals surface area (Å²) in [6, 6.07) is 0. The molecule has 1 saturated carbocycles. The molecule has 2 nitrogen and oxygen atoms in total. The maximum Gasteiger partial charge on any atom is 0.456 e. The fourth-order valence-electron chi connectivity index (χ4n) is 3.12. The van der Waals surface area contributed by atoms with Crippen LogP contribution in [0.3, 0.4) is 0 Å². The Balaban J connectivity index is 1.89. The van der Waals surface area contributed by atoms with E-state index in [2.05, 4.69) is 6.08 Å². The van der Waals surface area contributed by atoms with Crippen LogP contribution in [0, 0.1) is 17.8 Å². The highest BCUT2D eigenvalue weighted by Gasteiger charge is 2.58. The van der Waals surface area contributed by atoms with Crippen LogP contribution in [0.1, 0.15) is 25.7 Å². The van der Waals surface area contributed by atoms with Crippen molar-refractivity contribution in [1.29, 1.82) is 0 Å². The number of fused-ring (bicyclic) bond motifs is 2. The molecule has 0 aromatic heterocycles. The highest BCUT2D eigenvalue weighted by Crippen LogP contribution is 2.46. The molecule has 20 heavy (non-hydrogen) atoms. The zero-order valence-corrected chi connectivity index (χ0v) is 10.5. The molecule has 1 N–H and O–H groups in total. The first-order valence-corrected chi connectivity index (χ1v) is 6.48. The Hall–Kier alpha value is -0.980. The minimum absolute atomic E-state index is 0.108. The number of Topliss-reactive ketones (excluding diaryl/α,β-unsaturated/α-hetero) is 1. The molecule has 0 aromatic carbocycles. The normalized spacial score (nSPS) is 30.8. The summed E-state index contributed by atoms with van der Waals surface area (Å²) in [4.78, 5) is 10.6. The lowest BCUT2D eigenvalue weighted by molar-refractivity contribution is -0.208. The van der Waals surface area contributed by atoms with Crippen LogP contribution in [0.5, 0.6) is 0 Å². The highest BCUT2D eigenvalue weighted by molar-refractivity contribution is 5.91. The summed E-state index contributed by atoms with van der Waals surface area (Å²) in [6.07, 6.45) is -2.72. The number of ketones is 1. The minimum atomic E-state index is -5.64. The van der Waals surface area contributed by atoms with Gasteiger partial charge >= 0.3 is 17.9 Å². The van der Waals surface area contributed by atoms with E-state index >= 15 is 0 Å². The Labute approximate surface area is 112 Å². The zero-order valence-electron chi connectivity index (χ0n) is 10.5. The number of aliphatic hydroxyl groups is 1. The first-order chi connectivity index (χ1) is 9.12. The van der Waals surface area contributed by atoms with Crippen molar-refractivity contribution in [2.24, 2.45) is 17.8 Å². The first kappa shape index (κ1) is 15.4. The average Bonchev–Trinajstić information content (AvgIpc) is 2.95. The van der Waals surface area contributed by atoms with Gasteiger partial charge in [0.05, 0.1) is 0 Å². The van der Waals surface area contributed by atoms with E-state index in [-0.39, 0.29) is 18.3 Å². The van der Waals surface area contributed by atoms with Gasteiger partial charge in [-0.2, -0.15) is 22.0 Å². The van der Waals surface area contributed by atoms with Gasteiger partial charge in [-0.05, 0) is 43.4 Å². The molecule has 0 heterocycles. The molecule has 2 rings (SSSR count). The Bertz CT molecular complexity index is 415. The average molecular weight is 298 g/mol. The number of alkyl halides is 5. The van der Waals surface area contributed by atoms with Gasteiger partial charge in [0, 0.05) is 0 Å². The zero-order chi connectivity index (χ0) is 15.1. The lowest BCUT2D eigenvalue weighted by atomic mass is 9.87. The first-order valence-electron chi connectivity index (χ1n) is 6.48. The lowest BCUT2D eigenvalue weighted by Crippen LogP contribution is -2.48. The van der Waals surface area contributed by atoms with E-state index in [1.54, 1.807) is 0 Å². The van der Waals surface area contributed by atoms with Gasteiger partial charge in [0.1, 0.15) is 6.10 Å². The van der Waals surface area contributed by atoms with E-state index in [0.29, 0.717) is 5.92 Å². The van der Waals surface area contributed by atoms with Gasteiger partial charge in [-0.1, -0.05) is 12.2 Å². The van der Waals surface area contributed by atoms with Gasteiger partial charge in [0.25, 0.3) is 0 Å². The topological polar surface area (TPSA) is 37.3 Å². The molecule has 7 heteroatoms. The monoisotopic (exact) mass is 298 g/mol. The summed E-state index contributed by atoms with van der Waals surface area (Å²) in [7, 11) is 0. The second-order valence-corrected chi connectivity index (χ2v) is 5.58. The highest BCUT2D eigenvalue weighted by atomic mass is 19.4. The molecule has 0 spiro atoms. The molecule has 2 aliphatic carbocycles. The number of hydrogen-bond acceptors (Lipinski definition) is 2. The summed E-state index contributed by atoms with van der Waals surface area (Å²) in [5.74, 6) is -7.16. The Kier molecular flexibility index (Phi) is 3.92. The number of halogens is 5. The molecule has 4 atom stereocenters. The molecular weight excluding hydrogens is 283 g/mol. The number of allylic oxidation sites excluding steroid dienone is 2. The summed E-state index contributed by atoms with van der Waals surface area (Å²) in [5, 5.41) is 9.25. The van der Waals surface area contributed by atoms with E-state index in [9.17, 15) is 31.9 Å². The molecule has 0 amide bonds. The summed E-state index contributed by atoms with van der Waals surface area (Å²) in [6.45, 7) is 0. The molecule has 2 bridgehead atoms. The number of aliphatic hydroxyl groups excluding tert-OH is 1. The van der Waals surface area contributed by atoms with E-state index < -0.39 is 30.4 Å². The second kappa shape index (κ2) is 5.09. The van der Waals surface area contributed by atoms with Crippen molar-refractivity contribution in [3.05, 3.63) is 12.2 Å². The third-order valence-corrected chi connectivity index (χ3v) is 4.21. The Morgan fingerprint density at radius 1 is 1.20 bits per heavy atom. The van der Waals surface area contributed by atoms with E-state index in [1.165, 1.54) is 0 Å². The molecular formula is C13H15F5O2. The minimum Gasteiger partial charge on any atom is -0.386 e. The molecule has 4 unspecified atom stereocenters. The fourth-order valence-corrected chi connectivity index (χ4v) is 3.12. The summed E-state index contributed by atoms with van der Waals surface area (Å²) < 4.78 is 62.5. The third kappa shape index (κ3) is 2.87. The standard InChI is InChI=1S/C13H15F5O2/c14-12(15,11(20)13(16,17)18)10(19)4-3-9-6-7-1-2-8(9)5-7/h1-2,7-10,19H,3-6H2. The van der Waals surface area contributed by atoms with Crippen molar-refractivity contribution in [1.82, 2.24) is 0 Å². The van der Waals surface area contributed by atoms with E-state index in [0.717, 1.165) is 12.8 Å². The van der Waals surface area contributed by atoms with Crippen LogP contribution in [0.15, 0.2) is 12.2 Å². The van der Waals surface area contributed by atoms with Gasteiger partial charge in [-0.15, -0.1) is 0 Å². The van der Waals surface area contributed by atoms with Gasteiger partial charge in [-0.3, -0.25) is 4.79 Å². The largest absolute Gasteiger partial charge is 0.456 e. The van der Waals surface area contributed by atoms with Crippen LogP contribution in [-0.4, -0.2) is 29.1 Å². The van der Waals surface area contributed by atoms with Crippen molar-refractivity contribution in [3.63, 3.8) is 0 Å².